The molecule has 0 spiro atoms. The summed E-state index contributed by atoms with van der Waals surface area (Å²) in [4.78, 5) is 28.2. The van der Waals surface area contributed by atoms with Crippen molar-refractivity contribution >= 4 is 36.2 Å². The number of carbonyl (C=O) groups excluding carboxylic acids is 1. The lowest BCUT2D eigenvalue weighted by Crippen LogP contribution is -2.37. The minimum absolute atomic E-state index is 0.0435. The van der Waals surface area contributed by atoms with Crippen LogP contribution >= 0.6 is 0 Å². The zero-order valence-corrected chi connectivity index (χ0v) is 38.7. The summed E-state index contributed by atoms with van der Waals surface area (Å²) in [6, 6.07) is 14.2. The molecule has 8 nitrogen and oxygen atoms in total. The van der Waals surface area contributed by atoms with Crippen LogP contribution in [-0.2, 0) is 27.0 Å². The number of H-pyrrole nitrogens is 1. The Hall–Kier alpha value is -3.17. The molecule has 1 saturated heterocycles. The third-order valence-corrected chi connectivity index (χ3v) is 11.9. The molecule has 1 atom stereocenters. The molecule has 1 unspecified atom stereocenters. The molecule has 1 aliphatic heterocycles. The third-order valence-electron chi connectivity index (χ3n) is 10.1. The maximum absolute atomic E-state index is 13.0. The van der Waals surface area contributed by atoms with Gasteiger partial charge < -0.3 is 19.0 Å². The molecular formula is C46H77N5O3Si. The first kappa shape index (κ1) is 46.2. The fourth-order valence-electron chi connectivity index (χ4n) is 7.00. The number of rotatable bonds is 7. The van der Waals surface area contributed by atoms with Gasteiger partial charge in [0.2, 0.25) is 0 Å². The number of carbonyl (C=O) groups is 1. The standard InChI is InChI=1S/C26H43N3O3Si.C16H22N2.2C2H6/c1-25(2,3)19-12-13-21-20(17-19)27-23(29(21)18-31-15-16-33(7,8)9)22-11-10-14-28(22)24(30)32-26(4,5)6;1-16(2,3)12-8-9-13-14(10-12)18-15(17-13)11-6-4-5-7-11;2*1-2/h12-13,17,22H,10-11,14-16,18H2,1-9H3;8-11H,4-7H2,1-3H3,(H,17,18);2*1-2H3. The first-order chi connectivity index (χ1) is 25.7. The number of imidazole rings is 2. The number of nitrogens with one attached hydrogen (secondary N) is 1. The predicted octanol–water partition coefficient (Wildman–Crippen LogP) is 13.3. The SMILES string of the molecule is CC.CC.CC(C)(C)OC(=O)N1CCCC1c1nc2cc(C(C)(C)C)ccc2n1COCC[Si](C)(C)C.CC(C)(C)c1ccc2nc(C3CCCC3)[nH]c2c1. The third kappa shape index (κ3) is 12.9. The van der Waals surface area contributed by atoms with Crippen LogP contribution in [0, 0.1) is 0 Å². The normalized spacial score (nSPS) is 16.7. The van der Waals surface area contributed by atoms with E-state index < -0.39 is 13.7 Å². The van der Waals surface area contributed by atoms with Crippen molar-refractivity contribution in [3.63, 3.8) is 0 Å². The smallest absolute Gasteiger partial charge is 0.410 e. The van der Waals surface area contributed by atoms with Gasteiger partial charge in [0.25, 0.3) is 0 Å². The van der Waals surface area contributed by atoms with Crippen LogP contribution in [-0.4, -0.2) is 57.3 Å². The molecule has 55 heavy (non-hydrogen) atoms. The van der Waals surface area contributed by atoms with E-state index in [1.54, 1.807) is 0 Å². The van der Waals surface area contributed by atoms with Crippen molar-refractivity contribution in [3.05, 3.63) is 59.2 Å². The Labute approximate surface area is 335 Å². The second-order valence-electron chi connectivity index (χ2n) is 19.1. The molecule has 1 N–H and O–H groups in total. The van der Waals surface area contributed by atoms with Gasteiger partial charge in [0.05, 0.1) is 28.1 Å². The Kier molecular flexibility index (Phi) is 16.2. The van der Waals surface area contributed by atoms with Crippen molar-refractivity contribution in [2.75, 3.05) is 13.2 Å². The molecule has 2 fully saturated rings. The molecular weight excluding hydrogens is 699 g/mol. The average Bonchev–Trinajstić information content (AvgIpc) is 3.92. The Balaban J connectivity index is 0.000000309. The number of hydrogen-bond acceptors (Lipinski definition) is 5. The van der Waals surface area contributed by atoms with Crippen LogP contribution in [0.25, 0.3) is 22.1 Å². The van der Waals surface area contributed by atoms with Gasteiger partial charge in [0.15, 0.2) is 0 Å². The number of benzene rings is 2. The van der Waals surface area contributed by atoms with Gasteiger partial charge >= 0.3 is 6.09 Å². The van der Waals surface area contributed by atoms with E-state index in [9.17, 15) is 4.79 Å². The lowest BCUT2D eigenvalue weighted by molar-refractivity contribution is 0.0205. The van der Waals surface area contributed by atoms with Gasteiger partial charge in [-0.1, -0.05) is 114 Å². The summed E-state index contributed by atoms with van der Waals surface area (Å²) in [5, 5.41) is 0. The maximum atomic E-state index is 13.0. The van der Waals surface area contributed by atoms with Crippen LogP contribution in [0.4, 0.5) is 4.79 Å². The molecule has 2 aromatic heterocycles. The summed E-state index contributed by atoms with van der Waals surface area (Å²) >= 11 is 0. The fraction of sp³-hybridized carbons (Fsp3) is 0.674. The second-order valence-corrected chi connectivity index (χ2v) is 24.7. The minimum Gasteiger partial charge on any atom is -0.444 e. The zero-order chi connectivity index (χ0) is 41.4. The number of fused-ring (bicyclic) bond motifs is 2. The molecule has 1 amide bonds. The molecule has 4 aromatic rings. The molecule has 3 heterocycles. The monoisotopic (exact) mass is 776 g/mol. The first-order valence-electron chi connectivity index (χ1n) is 21.3. The molecule has 2 aliphatic rings. The van der Waals surface area contributed by atoms with Crippen LogP contribution in [0.3, 0.4) is 0 Å². The van der Waals surface area contributed by atoms with E-state index in [-0.39, 0.29) is 23.0 Å². The Morgan fingerprint density at radius 3 is 1.98 bits per heavy atom. The highest BCUT2D eigenvalue weighted by Crippen LogP contribution is 2.37. The Bertz CT molecular complexity index is 1790. The molecule has 1 saturated carbocycles. The maximum Gasteiger partial charge on any atom is 0.410 e. The van der Waals surface area contributed by atoms with Gasteiger partial charge in [-0.05, 0) is 98.7 Å². The van der Waals surface area contributed by atoms with E-state index in [2.05, 4.69) is 107 Å². The number of likely N-dealkylation sites (tertiary alicyclic amines) is 1. The summed E-state index contributed by atoms with van der Waals surface area (Å²) < 4.78 is 14.0. The number of amides is 1. The second kappa shape index (κ2) is 19.3. The van der Waals surface area contributed by atoms with Crippen molar-refractivity contribution in [2.24, 2.45) is 0 Å². The van der Waals surface area contributed by atoms with Crippen LogP contribution in [0.2, 0.25) is 25.7 Å². The molecule has 2 aromatic carbocycles. The molecule has 0 radical (unpaired) electrons. The van der Waals surface area contributed by atoms with Crippen LogP contribution in [0.15, 0.2) is 36.4 Å². The predicted molar refractivity (Wildman–Crippen MR) is 236 cm³/mol. The van der Waals surface area contributed by atoms with Gasteiger partial charge in [-0.25, -0.2) is 14.8 Å². The lowest BCUT2D eigenvalue weighted by atomic mass is 9.87. The Morgan fingerprint density at radius 1 is 0.800 bits per heavy atom. The van der Waals surface area contributed by atoms with E-state index in [1.165, 1.54) is 48.2 Å². The van der Waals surface area contributed by atoms with Gasteiger partial charge in [0, 0.05) is 27.1 Å². The van der Waals surface area contributed by atoms with E-state index in [1.807, 2.05) is 53.4 Å². The topological polar surface area (TPSA) is 85.3 Å². The van der Waals surface area contributed by atoms with Crippen molar-refractivity contribution in [3.8, 4) is 0 Å². The molecule has 6 rings (SSSR count). The van der Waals surface area contributed by atoms with Crippen molar-refractivity contribution in [1.82, 2.24) is 24.4 Å². The Morgan fingerprint density at radius 2 is 1.40 bits per heavy atom. The van der Waals surface area contributed by atoms with Gasteiger partial charge in [-0.3, -0.25) is 4.90 Å². The molecule has 9 heteroatoms. The van der Waals surface area contributed by atoms with Crippen molar-refractivity contribution < 1.29 is 14.3 Å². The van der Waals surface area contributed by atoms with Crippen molar-refractivity contribution in [1.29, 1.82) is 0 Å². The van der Waals surface area contributed by atoms with Crippen LogP contribution in [0.5, 0.6) is 0 Å². The number of hydrogen-bond donors (Lipinski definition) is 1. The number of aromatic amines is 1. The number of aromatic nitrogens is 4. The average molecular weight is 776 g/mol. The number of nitrogens with zero attached hydrogens (tertiary/aromatic N) is 4. The van der Waals surface area contributed by atoms with E-state index in [0.29, 0.717) is 19.2 Å². The fourth-order valence-corrected chi connectivity index (χ4v) is 7.76. The quantitative estimate of drug-likeness (QED) is 0.149. The molecule has 1 aliphatic carbocycles. The van der Waals surface area contributed by atoms with E-state index in [4.69, 9.17) is 19.4 Å². The van der Waals surface area contributed by atoms with Crippen molar-refractivity contribution in [2.45, 2.75) is 189 Å². The van der Waals surface area contributed by atoms with Gasteiger partial charge in [-0.2, -0.15) is 0 Å². The minimum atomic E-state index is -1.17. The summed E-state index contributed by atoms with van der Waals surface area (Å²) in [6.45, 7) is 36.1. The lowest BCUT2D eigenvalue weighted by Gasteiger charge is -2.28. The summed E-state index contributed by atoms with van der Waals surface area (Å²) in [6.07, 6.45) is 6.86. The highest BCUT2D eigenvalue weighted by molar-refractivity contribution is 6.76. The summed E-state index contributed by atoms with van der Waals surface area (Å²) in [5.41, 5.74) is 6.68. The molecule has 0 bridgehead atoms. The summed E-state index contributed by atoms with van der Waals surface area (Å²) in [5.74, 6) is 2.76. The summed E-state index contributed by atoms with van der Waals surface area (Å²) in [7, 11) is -1.17. The highest BCUT2D eigenvalue weighted by Gasteiger charge is 2.36. The zero-order valence-electron chi connectivity index (χ0n) is 37.7. The van der Waals surface area contributed by atoms with E-state index >= 15 is 0 Å². The largest absolute Gasteiger partial charge is 0.444 e. The van der Waals surface area contributed by atoms with E-state index in [0.717, 1.165) is 47.9 Å². The molecule has 308 valence electrons. The van der Waals surface area contributed by atoms with Gasteiger partial charge in [0.1, 0.15) is 24.0 Å². The van der Waals surface area contributed by atoms with Crippen LogP contribution in [0.1, 0.15) is 163 Å². The first-order valence-corrected chi connectivity index (χ1v) is 25.0. The highest BCUT2D eigenvalue weighted by atomic mass is 28.3. The number of ether oxygens (including phenoxy) is 2. The van der Waals surface area contributed by atoms with Gasteiger partial charge in [-0.15, -0.1) is 0 Å². The van der Waals surface area contributed by atoms with Crippen LogP contribution < -0.4 is 0 Å².